The highest BCUT2D eigenvalue weighted by atomic mass is 16.5. The van der Waals surface area contributed by atoms with Gasteiger partial charge in [0.05, 0.1) is 7.11 Å². The number of ether oxygens (including phenoxy) is 1. The lowest BCUT2D eigenvalue weighted by molar-refractivity contribution is 0.350. The molecule has 2 N–H and O–H groups in total. The van der Waals surface area contributed by atoms with Gasteiger partial charge in [0.2, 0.25) is 11.8 Å². The van der Waals surface area contributed by atoms with Crippen molar-refractivity contribution >= 4 is 0 Å². The van der Waals surface area contributed by atoms with Crippen molar-refractivity contribution in [3.63, 3.8) is 0 Å². The van der Waals surface area contributed by atoms with E-state index >= 15 is 0 Å². The van der Waals surface area contributed by atoms with E-state index in [4.69, 9.17) is 15.0 Å². The van der Waals surface area contributed by atoms with Gasteiger partial charge < -0.3 is 15.0 Å². The Bertz CT molecular complexity index is 567. The molecule has 0 unspecified atom stereocenters. The van der Waals surface area contributed by atoms with Crippen molar-refractivity contribution in [2.24, 2.45) is 5.73 Å². The van der Waals surface area contributed by atoms with Crippen LogP contribution < -0.4 is 10.5 Å². The van der Waals surface area contributed by atoms with Gasteiger partial charge in [-0.1, -0.05) is 11.2 Å². The number of nitrogens with two attached hydrogens (primary N) is 1. The van der Waals surface area contributed by atoms with Gasteiger partial charge in [-0.25, -0.2) is 4.98 Å². The van der Waals surface area contributed by atoms with Crippen LogP contribution in [-0.2, 0) is 6.42 Å². The van der Waals surface area contributed by atoms with E-state index < -0.39 is 0 Å². The van der Waals surface area contributed by atoms with Crippen LogP contribution in [0.2, 0.25) is 0 Å². The Hall–Kier alpha value is -1.95. The molecule has 0 radical (unpaired) electrons. The summed E-state index contributed by atoms with van der Waals surface area (Å²) in [5.74, 6) is 2.32. The zero-order chi connectivity index (χ0) is 13.9. The van der Waals surface area contributed by atoms with Crippen molar-refractivity contribution in [3.8, 4) is 5.88 Å². The molecular weight excluding hydrogens is 256 g/mol. The molecule has 2 atom stereocenters. The normalized spacial score (nSPS) is 22.1. The smallest absolute Gasteiger partial charge is 0.229 e. The Labute approximate surface area is 117 Å². The van der Waals surface area contributed by atoms with E-state index in [1.54, 1.807) is 13.3 Å². The molecule has 6 nitrogen and oxygen atoms in total. The molecule has 1 aliphatic carbocycles. The number of pyridine rings is 1. The van der Waals surface area contributed by atoms with E-state index in [0.29, 0.717) is 24.0 Å². The van der Waals surface area contributed by atoms with E-state index in [1.807, 2.05) is 12.1 Å². The van der Waals surface area contributed by atoms with Gasteiger partial charge in [0.15, 0.2) is 5.82 Å². The summed E-state index contributed by atoms with van der Waals surface area (Å²) < 4.78 is 10.4. The van der Waals surface area contributed by atoms with Gasteiger partial charge in [-0.15, -0.1) is 0 Å². The topological polar surface area (TPSA) is 87.1 Å². The second-order valence-electron chi connectivity index (χ2n) is 5.20. The molecule has 1 aliphatic rings. The van der Waals surface area contributed by atoms with Gasteiger partial charge in [-0.05, 0) is 24.8 Å². The molecule has 0 aliphatic heterocycles. The van der Waals surface area contributed by atoms with Crippen LogP contribution in [0.3, 0.4) is 0 Å². The Morgan fingerprint density at radius 3 is 2.95 bits per heavy atom. The molecule has 0 saturated heterocycles. The molecule has 1 fully saturated rings. The zero-order valence-corrected chi connectivity index (χ0v) is 11.5. The standard InChI is InChI=1S/C14H18N4O2/c1-19-13-5-2-9(8-16-13)6-12-17-14(20-18-12)10-3-4-11(15)7-10/h2,5,8,10-11H,3-4,6-7,15H2,1H3/t10-,11+/m1/s1. The highest BCUT2D eigenvalue weighted by Crippen LogP contribution is 2.32. The molecule has 2 aromatic heterocycles. The SMILES string of the molecule is COc1ccc(Cc2noc([C@@H]3CC[C@H](N)C3)n2)cn1. The van der Waals surface area contributed by atoms with E-state index in [1.165, 1.54) is 0 Å². The summed E-state index contributed by atoms with van der Waals surface area (Å²) in [6.45, 7) is 0. The first kappa shape index (κ1) is 13.1. The minimum absolute atomic E-state index is 0.265. The summed E-state index contributed by atoms with van der Waals surface area (Å²) in [6.07, 6.45) is 5.38. The summed E-state index contributed by atoms with van der Waals surface area (Å²) in [7, 11) is 1.60. The maximum absolute atomic E-state index is 5.91. The van der Waals surface area contributed by atoms with Crippen LogP contribution in [0.4, 0.5) is 0 Å². The molecule has 0 spiro atoms. The fourth-order valence-corrected chi connectivity index (χ4v) is 2.56. The molecule has 20 heavy (non-hydrogen) atoms. The molecule has 2 aromatic rings. The highest BCUT2D eigenvalue weighted by molar-refractivity contribution is 5.20. The predicted molar refractivity (Wildman–Crippen MR) is 72.5 cm³/mol. The monoisotopic (exact) mass is 274 g/mol. The summed E-state index contributed by atoms with van der Waals surface area (Å²) >= 11 is 0. The van der Waals surface area contributed by atoms with Crippen molar-refractivity contribution < 1.29 is 9.26 Å². The van der Waals surface area contributed by atoms with Crippen molar-refractivity contribution in [3.05, 3.63) is 35.6 Å². The second-order valence-corrected chi connectivity index (χ2v) is 5.20. The van der Waals surface area contributed by atoms with Gasteiger partial charge in [0.25, 0.3) is 0 Å². The first-order chi connectivity index (χ1) is 9.74. The van der Waals surface area contributed by atoms with Crippen LogP contribution in [0, 0.1) is 0 Å². The first-order valence-corrected chi connectivity index (χ1v) is 6.81. The Kier molecular flexibility index (Phi) is 3.64. The Morgan fingerprint density at radius 1 is 1.40 bits per heavy atom. The van der Waals surface area contributed by atoms with Gasteiger partial charge >= 0.3 is 0 Å². The van der Waals surface area contributed by atoms with Crippen molar-refractivity contribution in [1.82, 2.24) is 15.1 Å². The fraction of sp³-hybridized carbons (Fsp3) is 0.500. The van der Waals surface area contributed by atoms with Crippen LogP contribution in [0.15, 0.2) is 22.9 Å². The third-order valence-corrected chi connectivity index (χ3v) is 3.68. The molecule has 2 heterocycles. The minimum atomic E-state index is 0.265. The van der Waals surface area contributed by atoms with Crippen LogP contribution >= 0.6 is 0 Å². The van der Waals surface area contributed by atoms with Gasteiger partial charge in [-0.3, -0.25) is 0 Å². The third kappa shape index (κ3) is 2.80. The van der Waals surface area contributed by atoms with Crippen molar-refractivity contribution in [1.29, 1.82) is 0 Å². The average molecular weight is 274 g/mol. The molecule has 0 bridgehead atoms. The van der Waals surface area contributed by atoms with Gasteiger partial charge in [0, 0.05) is 30.6 Å². The number of hydrogen-bond donors (Lipinski definition) is 1. The number of methoxy groups -OCH3 is 1. The second kappa shape index (κ2) is 5.58. The molecule has 0 amide bonds. The minimum Gasteiger partial charge on any atom is -0.481 e. The maximum atomic E-state index is 5.91. The van der Waals surface area contributed by atoms with Crippen molar-refractivity contribution in [2.75, 3.05) is 7.11 Å². The molecular formula is C14H18N4O2. The quantitative estimate of drug-likeness (QED) is 0.912. The fourth-order valence-electron chi connectivity index (χ4n) is 2.56. The number of rotatable bonds is 4. The lowest BCUT2D eigenvalue weighted by Crippen LogP contribution is -2.14. The van der Waals surface area contributed by atoms with Crippen LogP contribution in [-0.4, -0.2) is 28.3 Å². The largest absolute Gasteiger partial charge is 0.481 e. The third-order valence-electron chi connectivity index (χ3n) is 3.68. The Balaban J connectivity index is 1.67. The lowest BCUT2D eigenvalue weighted by Gasteiger charge is -2.01. The summed E-state index contributed by atoms with van der Waals surface area (Å²) in [4.78, 5) is 8.63. The Morgan fingerprint density at radius 2 is 2.30 bits per heavy atom. The van der Waals surface area contributed by atoms with E-state index in [9.17, 15) is 0 Å². The molecule has 0 aromatic carbocycles. The van der Waals surface area contributed by atoms with Crippen molar-refractivity contribution in [2.45, 2.75) is 37.6 Å². The first-order valence-electron chi connectivity index (χ1n) is 6.81. The maximum Gasteiger partial charge on any atom is 0.229 e. The molecule has 3 rings (SSSR count). The highest BCUT2D eigenvalue weighted by Gasteiger charge is 2.27. The molecule has 106 valence electrons. The summed E-state index contributed by atoms with van der Waals surface area (Å²) in [6, 6.07) is 4.04. The zero-order valence-electron chi connectivity index (χ0n) is 11.5. The van der Waals surface area contributed by atoms with Gasteiger partial charge in [-0.2, -0.15) is 4.98 Å². The predicted octanol–water partition coefficient (Wildman–Crippen LogP) is 1.66. The molecule has 6 heteroatoms. The number of hydrogen-bond acceptors (Lipinski definition) is 6. The van der Waals surface area contributed by atoms with Crippen LogP contribution in [0.1, 0.15) is 42.5 Å². The van der Waals surface area contributed by atoms with E-state index in [0.717, 1.165) is 30.7 Å². The van der Waals surface area contributed by atoms with E-state index in [2.05, 4.69) is 15.1 Å². The van der Waals surface area contributed by atoms with Crippen LogP contribution in [0.5, 0.6) is 5.88 Å². The summed E-state index contributed by atoms with van der Waals surface area (Å²) in [5.41, 5.74) is 6.94. The number of nitrogens with zero attached hydrogens (tertiary/aromatic N) is 3. The average Bonchev–Trinajstić information content (AvgIpc) is 3.09. The lowest BCUT2D eigenvalue weighted by atomic mass is 10.1. The molecule has 1 saturated carbocycles. The van der Waals surface area contributed by atoms with Crippen LogP contribution in [0.25, 0.3) is 0 Å². The van der Waals surface area contributed by atoms with E-state index in [-0.39, 0.29) is 6.04 Å². The van der Waals surface area contributed by atoms with Gasteiger partial charge in [0.1, 0.15) is 0 Å². The number of aromatic nitrogens is 3. The summed E-state index contributed by atoms with van der Waals surface area (Å²) in [5, 5.41) is 4.04.